The number of halogens is 1. The first-order valence-corrected chi connectivity index (χ1v) is 6.68. The molecule has 2 rings (SSSR count). The lowest BCUT2D eigenvalue weighted by Gasteiger charge is -2.21. The van der Waals surface area contributed by atoms with Crippen molar-refractivity contribution >= 4 is 34.5 Å². The summed E-state index contributed by atoms with van der Waals surface area (Å²) in [7, 11) is 0. The lowest BCUT2D eigenvalue weighted by atomic mass is 10.1. The van der Waals surface area contributed by atoms with E-state index in [9.17, 15) is 19.8 Å². The first kappa shape index (κ1) is 14.1. The quantitative estimate of drug-likeness (QED) is 0.658. The van der Waals surface area contributed by atoms with Gasteiger partial charge in [0.25, 0.3) is 5.91 Å². The second kappa shape index (κ2) is 5.33. The van der Waals surface area contributed by atoms with Gasteiger partial charge in [0.2, 0.25) is 0 Å². The highest BCUT2D eigenvalue weighted by atomic mass is 127. The van der Waals surface area contributed by atoms with Crippen molar-refractivity contribution in [1.29, 1.82) is 0 Å². The van der Waals surface area contributed by atoms with Gasteiger partial charge in [0.05, 0.1) is 9.67 Å². The molecule has 1 fully saturated rings. The number of aliphatic hydroxyl groups excluding tert-OH is 1. The second-order valence-electron chi connectivity index (χ2n) is 4.37. The molecule has 19 heavy (non-hydrogen) atoms. The minimum absolute atomic E-state index is 0.0114. The van der Waals surface area contributed by atoms with Crippen molar-refractivity contribution in [3.05, 3.63) is 27.3 Å². The van der Waals surface area contributed by atoms with Gasteiger partial charge < -0.3 is 20.2 Å². The summed E-state index contributed by atoms with van der Waals surface area (Å²) in [5.41, 5.74) is 0.207. The first-order valence-electron chi connectivity index (χ1n) is 5.60. The Bertz CT molecular complexity index is 533. The molecule has 0 aromatic heterocycles. The Morgan fingerprint density at radius 2 is 2.05 bits per heavy atom. The molecule has 7 heteroatoms. The van der Waals surface area contributed by atoms with Crippen LogP contribution in [-0.4, -0.2) is 50.8 Å². The van der Waals surface area contributed by atoms with Gasteiger partial charge in [0.15, 0.2) is 0 Å². The van der Waals surface area contributed by atoms with Gasteiger partial charge in [0, 0.05) is 18.5 Å². The van der Waals surface area contributed by atoms with Crippen molar-refractivity contribution in [1.82, 2.24) is 4.90 Å². The van der Waals surface area contributed by atoms with Crippen molar-refractivity contribution < 1.29 is 24.9 Å². The number of β-amino-alcohol motifs (C(OH)–C–C–N with tert-alkyl or cyclic N) is 1. The molecule has 1 aliphatic rings. The summed E-state index contributed by atoms with van der Waals surface area (Å²) in [6, 6.07) is 3.37. The zero-order chi connectivity index (χ0) is 14.2. The van der Waals surface area contributed by atoms with Crippen LogP contribution in [0, 0.1) is 3.57 Å². The molecule has 1 heterocycles. The Kier molecular flexibility index (Phi) is 3.95. The van der Waals surface area contributed by atoms with Crippen LogP contribution < -0.4 is 0 Å². The number of carbonyl (C=O) groups is 2. The fraction of sp³-hybridized carbons (Fsp3) is 0.333. The number of carbonyl (C=O) groups excluding carboxylic acids is 1. The van der Waals surface area contributed by atoms with Gasteiger partial charge in [-0.3, -0.25) is 4.79 Å². The van der Waals surface area contributed by atoms with Gasteiger partial charge in [-0.25, -0.2) is 4.79 Å². The van der Waals surface area contributed by atoms with Gasteiger partial charge in [-0.15, -0.1) is 0 Å². The van der Waals surface area contributed by atoms with E-state index in [1.165, 1.54) is 12.1 Å². The Morgan fingerprint density at radius 1 is 1.37 bits per heavy atom. The maximum absolute atomic E-state index is 12.2. The number of hydrogen-bond donors (Lipinski definition) is 3. The Morgan fingerprint density at radius 3 is 2.63 bits per heavy atom. The highest BCUT2D eigenvalue weighted by Crippen LogP contribution is 2.25. The number of phenolic OH excluding ortho intramolecular Hbond substituents is 1. The van der Waals surface area contributed by atoms with E-state index >= 15 is 0 Å². The van der Waals surface area contributed by atoms with E-state index in [4.69, 9.17) is 5.11 Å². The summed E-state index contributed by atoms with van der Waals surface area (Å²) in [6.07, 6.45) is -0.806. The van der Waals surface area contributed by atoms with E-state index < -0.39 is 24.0 Å². The lowest BCUT2D eigenvalue weighted by molar-refractivity contribution is -0.141. The molecule has 1 aliphatic heterocycles. The molecular weight excluding hydrogens is 365 g/mol. The number of rotatable bonds is 2. The number of hydrogen-bond acceptors (Lipinski definition) is 4. The van der Waals surface area contributed by atoms with Crippen LogP contribution in [0.1, 0.15) is 16.8 Å². The third-order valence-electron chi connectivity index (χ3n) is 3.02. The van der Waals surface area contributed by atoms with Gasteiger partial charge in [-0.1, -0.05) is 0 Å². The Hall–Kier alpha value is -1.35. The largest absolute Gasteiger partial charge is 0.507 e. The topological polar surface area (TPSA) is 98.1 Å². The number of nitrogens with zero attached hydrogens (tertiary/aromatic N) is 1. The summed E-state index contributed by atoms with van der Waals surface area (Å²) in [4.78, 5) is 24.4. The second-order valence-corrected chi connectivity index (χ2v) is 5.53. The summed E-state index contributed by atoms with van der Waals surface area (Å²) in [5, 5.41) is 28.1. The first-order chi connectivity index (χ1) is 8.90. The van der Waals surface area contributed by atoms with E-state index in [0.717, 1.165) is 4.90 Å². The number of likely N-dealkylation sites (tertiary alicyclic amines) is 1. The fourth-order valence-electron chi connectivity index (χ4n) is 2.08. The van der Waals surface area contributed by atoms with Crippen molar-refractivity contribution in [2.45, 2.75) is 18.6 Å². The number of carboxylic acids is 1. The van der Waals surface area contributed by atoms with E-state index in [1.807, 2.05) is 22.6 Å². The normalized spacial score (nSPS) is 22.5. The summed E-state index contributed by atoms with van der Waals surface area (Å²) in [5.74, 6) is -1.67. The van der Waals surface area contributed by atoms with Crippen LogP contribution in [-0.2, 0) is 4.79 Å². The molecule has 0 saturated carbocycles. The lowest BCUT2D eigenvalue weighted by Crippen LogP contribution is -2.40. The minimum Gasteiger partial charge on any atom is -0.507 e. The van der Waals surface area contributed by atoms with Crippen LogP contribution in [0.25, 0.3) is 0 Å². The maximum Gasteiger partial charge on any atom is 0.326 e. The number of aliphatic carboxylic acids is 1. The van der Waals surface area contributed by atoms with Gasteiger partial charge >= 0.3 is 5.97 Å². The zero-order valence-corrected chi connectivity index (χ0v) is 11.9. The predicted octanol–water partition coefficient (Wildman–Crippen LogP) is 0.657. The molecule has 2 atom stereocenters. The molecule has 6 nitrogen and oxygen atoms in total. The van der Waals surface area contributed by atoms with Crippen LogP contribution in [0.15, 0.2) is 18.2 Å². The van der Waals surface area contributed by atoms with Gasteiger partial charge in [-0.05, 0) is 40.8 Å². The summed E-state index contributed by atoms with van der Waals surface area (Å²) in [6.45, 7) is -0.0114. The Balaban J connectivity index is 2.27. The maximum atomic E-state index is 12.2. The van der Waals surface area contributed by atoms with Crippen molar-refractivity contribution in [2.24, 2.45) is 0 Å². The smallest absolute Gasteiger partial charge is 0.326 e. The average Bonchev–Trinajstić information content (AvgIpc) is 2.74. The highest BCUT2D eigenvalue weighted by molar-refractivity contribution is 14.1. The number of amides is 1. The SMILES string of the molecule is O=C(O)[C@@H]1C[C@H](O)CN1C(=O)c1ccc(I)c(O)c1. The number of aliphatic hydroxyl groups is 1. The highest BCUT2D eigenvalue weighted by Gasteiger charge is 2.39. The van der Waals surface area contributed by atoms with Crippen LogP contribution in [0.2, 0.25) is 0 Å². The molecule has 0 bridgehead atoms. The van der Waals surface area contributed by atoms with Gasteiger partial charge in [0.1, 0.15) is 11.8 Å². The van der Waals surface area contributed by atoms with E-state index in [2.05, 4.69) is 0 Å². The molecule has 0 aliphatic carbocycles. The summed E-state index contributed by atoms with van der Waals surface area (Å²) >= 11 is 1.92. The van der Waals surface area contributed by atoms with Crippen LogP contribution in [0.5, 0.6) is 5.75 Å². The third kappa shape index (κ3) is 2.81. The molecule has 0 radical (unpaired) electrons. The molecule has 1 aromatic carbocycles. The standard InChI is InChI=1S/C12H12INO5/c13-8-2-1-6(3-10(8)16)11(17)14-5-7(15)4-9(14)12(18)19/h1-3,7,9,15-16H,4-5H2,(H,18,19)/t7-,9-/m0/s1. The van der Waals surface area contributed by atoms with E-state index in [0.29, 0.717) is 3.57 Å². The molecule has 1 saturated heterocycles. The summed E-state index contributed by atoms with van der Waals surface area (Å²) < 4.78 is 0.602. The monoisotopic (exact) mass is 377 g/mol. The van der Waals surface area contributed by atoms with Crippen molar-refractivity contribution in [2.75, 3.05) is 6.54 Å². The van der Waals surface area contributed by atoms with E-state index in [1.54, 1.807) is 6.07 Å². The van der Waals surface area contributed by atoms with Crippen LogP contribution >= 0.6 is 22.6 Å². The molecule has 102 valence electrons. The van der Waals surface area contributed by atoms with Crippen molar-refractivity contribution in [3.8, 4) is 5.75 Å². The predicted molar refractivity (Wildman–Crippen MR) is 73.9 cm³/mol. The zero-order valence-electron chi connectivity index (χ0n) is 9.78. The van der Waals surface area contributed by atoms with E-state index in [-0.39, 0.29) is 24.3 Å². The Labute approximate surface area is 122 Å². The van der Waals surface area contributed by atoms with Crippen molar-refractivity contribution in [3.63, 3.8) is 0 Å². The third-order valence-corrected chi connectivity index (χ3v) is 3.93. The number of phenols is 1. The molecule has 3 N–H and O–H groups in total. The van der Waals surface area contributed by atoms with Crippen LogP contribution in [0.3, 0.4) is 0 Å². The van der Waals surface area contributed by atoms with Gasteiger partial charge in [-0.2, -0.15) is 0 Å². The van der Waals surface area contributed by atoms with Crippen LogP contribution in [0.4, 0.5) is 0 Å². The average molecular weight is 377 g/mol. The number of carboxylic acid groups (broad SMARTS) is 1. The molecule has 0 spiro atoms. The molecular formula is C12H12INO5. The number of aromatic hydroxyl groups is 1. The molecule has 1 aromatic rings. The number of benzene rings is 1. The fourth-order valence-corrected chi connectivity index (χ4v) is 2.42. The molecule has 1 amide bonds. The molecule has 0 unspecified atom stereocenters. The minimum atomic E-state index is -1.14.